The van der Waals surface area contributed by atoms with Crippen molar-refractivity contribution in [2.24, 2.45) is 0 Å². The summed E-state index contributed by atoms with van der Waals surface area (Å²) < 4.78 is 0. The van der Waals surface area contributed by atoms with E-state index in [2.05, 4.69) is 159 Å². The quantitative estimate of drug-likeness (QED) is 0.0887. The fraction of sp³-hybridized carbons (Fsp3) is 0. The molecule has 0 atom stereocenters. The fourth-order valence-electron chi connectivity index (χ4n) is 5.76. The van der Waals surface area contributed by atoms with Crippen molar-refractivity contribution in [3.8, 4) is 0 Å². The minimum absolute atomic E-state index is 0. The molecule has 0 saturated heterocycles. The smallest absolute Gasteiger partial charge is 0.0886 e. The maximum Gasteiger partial charge on any atom is 0.0886 e. The van der Waals surface area contributed by atoms with Crippen LogP contribution in [0.3, 0.4) is 0 Å². The summed E-state index contributed by atoms with van der Waals surface area (Å²) >= 11 is -0.106. The monoisotopic (exact) mass is 916 g/mol. The normalized spacial score (nSPS) is 11.6. The van der Waals surface area contributed by atoms with Crippen LogP contribution in [0.1, 0.15) is 5.56 Å². The van der Waals surface area contributed by atoms with Gasteiger partial charge >= 0.3 is 35.0 Å². The van der Waals surface area contributed by atoms with Crippen LogP contribution in [-0.4, -0.2) is 5.29 Å². The van der Waals surface area contributed by atoms with Gasteiger partial charge in [-0.15, -0.1) is 12.8 Å². The van der Waals surface area contributed by atoms with Gasteiger partial charge in [0.05, 0.1) is 10.6 Å². The van der Waals surface area contributed by atoms with Gasteiger partial charge in [-0.3, -0.25) is 17.7 Å². The third-order valence-corrected chi connectivity index (χ3v) is 13.4. The van der Waals surface area contributed by atoms with Crippen molar-refractivity contribution in [2.45, 2.75) is 0 Å². The van der Waals surface area contributed by atoms with E-state index in [9.17, 15) is 0 Å². The van der Waals surface area contributed by atoms with E-state index in [1.165, 1.54) is 43.3 Å². The van der Waals surface area contributed by atoms with Crippen LogP contribution in [-0.2, 0) is 50.1 Å². The molecule has 1 saturated carbocycles. The second kappa shape index (κ2) is 24.9. The van der Waals surface area contributed by atoms with E-state index in [0.29, 0.717) is 0 Å². The maximum absolute atomic E-state index is 4.81. The first kappa shape index (κ1) is 43.2. The molecule has 0 aromatic heterocycles. The predicted molar refractivity (Wildman–Crippen MR) is 219 cm³/mol. The van der Waals surface area contributed by atoms with Crippen LogP contribution in [0.4, 0.5) is 0 Å². The molecule has 0 N–H and O–H groups in total. The number of hydrogen-bond acceptors (Lipinski definition) is 0. The SMILES string of the molecule is [Cl][Pd][Cl].[Fe].[Fe].c1cc[cH-]c1.c1cc[cH-]c1.c1ccc([PH](=C2[CH-][CH-][CH-][C-]2[c-]2cccc2[PH+](c2ccccc2)c2ccccc2)c2ccccc2)cc1. The zero-order valence-corrected chi connectivity index (χ0v) is 34.8. The van der Waals surface area contributed by atoms with Crippen molar-refractivity contribution < 1.29 is 50.1 Å². The Kier molecular flexibility index (Phi) is 21.1. The summed E-state index contributed by atoms with van der Waals surface area (Å²) in [6.45, 7) is 0. The summed E-state index contributed by atoms with van der Waals surface area (Å²) in [4.78, 5) is 0. The Balaban J connectivity index is 0.000000396. The van der Waals surface area contributed by atoms with Gasteiger partial charge in [-0.05, 0) is 34.9 Å². The van der Waals surface area contributed by atoms with E-state index < -0.39 is 15.5 Å². The van der Waals surface area contributed by atoms with Crippen LogP contribution in [0.5, 0.6) is 0 Å². The van der Waals surface area contributed by atoms with Gasteiger partial charge in [0.25, 0.3) is 0 Å². The summed E-state index contributed by atoms with van der Waals surface area (Å²) in [6, 6.07) is 71.2. The molecule has 1 fully saturated rings. The Labute approximate surface area is 344 Å². The zero-order chi connectivity index (χ0) is 33.9. The van der Waals surface area contributed by atoms with Crippen LogP contribution in [0.15, 0.2) is 200 Å². The first-order valence-corrected chi connectivity index (χ1v) is 23.0. The van der Waals surface area contributed by atoms with E-state index >= 15 is 0 Å². The molecule has 7 heteroatoms. The fourth-order valence-corrected chi connectivity index (χ4v) is 11.3. The summed E-state index contributed by atoms with van der Waals surface area (Å²) in [5.41, 5.74) is 1.38. The molecular weight excluding hydrogens is 879 g/mol. The number of rotatable bonds is 6. The minimum atomic E-state index is -1.15. The molecule has 0 nitrogen and oxygen atoms in total. The molecule has 1 aliphatic carbocycles. The molecule has 1 aliphatic rings. The largest absolute Gasteiger partial charge is 0.673 e. The van der Waals surface area contributed by atoms with Gasteiger partial charge in [0.1, 0.15) is 0 Å². The van der Waals surface area contributed by atoms with E-state index in [4.69, 9.17) is 19.1 Å². The van der Waals surface area contributed by atoms with Crippen molar-refractivity contribution in [3.63, 3.8) is 0 Å². The van der Waals surface area contributed by atoms with Crippen molar-refractivity contribution >= 4 is 66.3 Å². The molecule has 0 unspecified atom stereocenters. The number of hydrogen-bond donors (Lipinski definition) is 0. The van der Waals surface area contributed by atoms with E-state index in [1.54, 1.807) is 0 Å². The van der Waals surface area contributed by atoms with E-state index in [0.717, 1.165) is 0 Å². The van der Waals surface area contributed by atoms with Gasteiger partial charge in [-0.1, -0.05) is 97.1 Å². The summed E-state index contributed by atoms with van der Waals surface area (Å²) in [7, 11) is 7.33. The van der Waals surface area contributed by atoms with Crippen molar-refractivity contribution in [2.75, 3.05) is 0 Å². The van der Waals surface area contributed by atoms with E-state index in [-0.39, 0.29) is 50.1 Å². The van der Waals surface area contributed by atoms with Gasteiger partial charge in [0.2, 0.25) is 0 Å². The van der Waals surface area contributed by atoms with Gasteiger partial charge in [0, 0.05) is 42.1 Å². The van der Waals surface area contributed by atoms with Crippen LogP contribution >= 0.6 is 34.5 Å². The van der Waals surface area contributed by atoms with Crippen molar-refractivity contribution in [1.29, 1.82) is 0 Å². The molecule has 0 spiro atoms. The Morgan fingerprint density at radius 1 is 0.529 bits per heavy atom. The molecule has 0 aliphatic heterocycles. The van der Waals surface area contributed by atoms with Crippen molar-refractivity contribution in [1.82, 2.24) is 0 Å². The third kappa shape index (κ3) is 13.0. The maximum atomic E-state index is 4.81. The second-order valence-corrected chi connectivity index (χ2v) is 18.1. The summed E-state index contributed by atoms with van der Waals surface area (Å²) in [6.07, 6.45) is 6.94. The molecule has 0 bridgehead atoms. The average molecular weight is 918 g/mol. The Morgan fingerprint density at radius 2 is 0.941 bits per heavy atom. The van der Waals surface area contributed by atoms with Crippen LogP contribution in [0.25, 0.3) is 0 Å². The predicted octanol–water partition coefficient (Wildman–Crippen LogP) is 9.67. The Morgan fingerprint density at radius 3 is 1.33 bits per heavy atom. The third-order valence-electron chi connectivity index (χ3n) is 7.82. The van der Waals surface area contributed by atoms with Crippen molar-refractivity contribution in [3.05, 3.63) is 231 Å². The molecule has 51 heavy (non-hydrogen) atoms. The molecule has 8 rings (SSSR count). The molecular formula is C44H38Cl2Fe2P2Pd-6. The number of benzene rings is 4. The molecule has 7 aromatic rings. The average Bonchev–Trinajstić information content (AvgIpc) is 4.01. The topological polar surface area (TPSA) is 0 Å². The molecule has 270 valence electrons. The van der Waals surface area contributed by atoms with Crippen LogP contribution in [0.2, 0.25) is 0 Å². The molecule has 0 heterocycles. The standard InChI is InChI=1S/C34H27P2.2C5H5.2ClH.2Fe.Pd/c1-5-15-27(16-6-1)35(28-17-7-2-8-18-28)33-25-13-23-31(33)32-24-14-26-34(32)36(29-19-9-3-10-20-29)30-21-11-4-12-22-30;2*1-2-4-5-3-1;;;;;/h1-26,35H;2*1-5H;2*1H;;;/q-5;2*-1;;;;;+2/p-1. The van der Waals surface area contributed by atoms with Gasteiger partial charge < -0.3 is 30.5 Å². The van der Waals surface area contributed by atoms with Crippen LogP contribution < -0.4 is 26.5 Å². The zero-order valence-electron chi connectivity index (χ0n) is 27.6. The summed E-state index contributed by atoms with van der Waals surface area (Å²) in [5, 5.41) is 8.62. The van der Waals surface area contributed by atoms with Gasteiger partial charge in [-0.25, -0.2) is 30.3 Å². The van der Waals surface area contributed by atoms with Gasteiger partial charge in [-0.2, -0.15) is 36.4 Å². The second-order valence-electron chi connectivity index (χ2n) is 10.9. The molecule has 7 aromatic carbocycles. The summed E-state index contributed by atoms with van der Waals surface area (Å²) in [5.74, 6) is 1.38. The Hall–Kier alpha value is -2.19. The Bertz CT molecular complexity index is 1740. The minimum Gasteiger partial charge on any atom is -0.673 e. The van der Waals surface area contributed by atoms with Gasteiger partial charge in [0.15, 0.2) is 0 Å². The molecule has 0 amide bonds. The molecule has 0 radical (unpaired) electrons. The van der Waals surface area contributed by atoms with E-state index in [1.807, 2.05) is 60.7 Å². The number of halogens is 2. The van der Waals surface area contributed by atoms with Crippen LogP contribution in [0, 0.1) is 25.2 Å². The first-order chi connectivity index (χ1) is 24.3. The first-order valence-electron chi connectivity index (χ1n) is 16.0.